The number of hydrogen-bond donors (Lipinski definition) is 1. The van der Waals surface area contributed by atoms with Gasteiger partial charge >= 0.3 is 0 Å². The number of nitrogens with one attached hydrogen (secondary N) is 1. The Bertz CT molecular complexity index is 445. The first-order chi connectivity index (χ1) is 7.40. The fourth-order valence-electron chi connectivity index (χ4n) is 1.56. The van der Waals surface area contributed by atoms with Crippen molar-refractivity contribution in [3.05, 3.63) is 35.6 Å². The van der Waals surface area contributed by atoms with Crippen LogP contribution in [0.15, 0.2) is 24.3 Å². The molecule has 5 heteroatoms. The van der Waals surface area contributed by atoms with Gasteiger partial charge < -0.3 is 5.32 Å². The molecule has 0 bridgehead atoms. The van der Waals surface area contributed by atoms with Crippen LogP contribution in [-0.4, -0.2) is 33.5 Å². The van der Waals surface area contributed by atoms with Gasteiger partial charge in [0.05, 0.1) is 5.75 Å². The minimum Gasteiger partial charge on any atom is -0.316 e. The van der Waals surface area contributed by atoms with Gasteiger partial charge in [0, 0.05) is 12.3 Å². The molecule has 16 heavy (non-hydrogen) atoms. The lowest BCUT2D eigenvalue weighted by molar-refractivity contribution is 0.565. The minimum absolute atomic E-state index is 0.0556. The van der Waals surface area contributed by atoms with Crippen molar-refractivity contribution in [2.75, 3.05) is 19.1 Å². The van der Waals surface area contributed by atoms with Gasteiger partial charge in [-0.15, -0.1) is 0 Å². The third-order valence-corrected chi connectivity index (χ3v) is 3.29. The first-order valence-corrected chi connectivity index (χ1v) is 7.06. The molecule has 1 rings (SSSR count). The first-order valence-electron chi connectivity index (χ1n) is 5.00. The maximum Gasteiger partial charge on any atom is 0.148 e. The summed E-state index contributed by atoms with van der Waals surface area (Å²) in [4.78, 5) is 0. The maximum atomic E-state index is 12.9. The Balaban J connectivity index is 2.70. The van der Waals surface area contributed by atoms with E-state index in [9.17, 15) is 12.8 Å². The Morgan fingerprint density at radius 2 is 2.12 bits per heavy atom. The van der Waals surface area contributed by atoms with Crippen LogP contribution in [0.4, 0.5) is 4.39 Å². The number of halogens is 1. The topological polar surface area (TPSA) is 46.2 Å². The average Bonchev–Trinajstić information content (AvgIpc) is 2.14. The van der Waals surface area contributed by atoms with Crippen LogP contribution in [0.5, 0.6) is 0 Å². The normalized spacial score (nSPS) is 13.7. The molecule has 1 atom stereocenters. The number of likely N-dealkylation sites (N-methyl/N-ethyl adjacent to an activating group) is 1. The molecule has 90 valence electrons. The van der Waals surface area contributed by atoms with Crippen LogP contribution in [0.2, 0.25) is 0 Å². The lowest BCUT2D eigenvalue weighted by atomic mass is 10.1. The van der Waals surface area contributed by atoms with E-state index in [1.54, 1.807) is 19.2 Å². The molecule has 0 aliphatic rings. The highest BCUT2D eigenvalue weighted by molar-refractivity contribution is 7.90. The summed E-state index contributed by atoms with van der Waals surface area (Å²) in [7, 11) is -1.32. The zero-order valence-corrected chi connectivity index (χ0v) is 10.2. The van der Waals surface area contributed by atoms with E-state index in [1.807, 2.05) is 0 Å². The standard InChI is InChI=1S/C11H16FNO2S/c1-13-11(8-16(2,14)15)7-9-4-3-5-10(12)6-9/h3-6,11,13H,7-8H2,1-2H3. The summed E-state index contributed by atoms with van der Waals surface area (Å²) in [6.45, 7) is 0. The molecule has 0 fully saturated rings. The van der Waals surface area contributed by atoms with E-state index in [4.69, 9.17) is 0 Å². The quantitative estimate of drug-likeness (QED) is 0.842. The van der Waals surface area contributed by atoms with Crippen LogP contribution in [0.3, 0.4) is 0 Å². The van der Waals surface area contributed by atoms with Crippen LogP contribution in [0.25, 0.3) is 0 Å². The van der Waals surface area contributed by atoms with E-state index < -0.39 is 9.84 Å². The van der Waals surface area contributed by atoms with E-state index in [0.29, 0.717) is 6.42 Å². The smallest absolute Gasteiger partial charge is 0.148 e. The van der Waals surface area contributed by atoms with Crippen molar-refractivity contribution < 1.29 is 12.8 Å². The third-order valence-electron chi connectivity index (χ3n) is 2.28. The largest absolute Gasteiger partial charge is 0.316 e. The average molecular weight is 245 g/mol. The number of benzene rings is 1. The maximum absolute atomic E-state index is 12.9. The van der Waals surface area contributed by atoms with Crippen molar-refractivity contribution in [2.45, 2.75) is 12.5 Å². The lowest BCUT2D eigenvalue weighted by Crippen LogP contribution is -2.34. The summed E-state index contributed by atoms with van der Waals surface area (Å²) in [5, 5.41) is 2.92. The summed E-state index contributed by atoms with van der Waals surface area (Å²) in [5.41, 5.74) is 0.794. The fraction of sp³-hybridized carbons (Fsp3) is 0.455. The lowest BCUT2D eigenvalue weighted by Gasteiger charge is -2.14. The Morgan fingerprint density at radius 3 is 2.62 bits per heavy atom. The fourth-order valence-corrected chi connectivity index (χ4v) is 2.57. The van der Waals surface area contributed by atoms with Crippen molar-refractivity contribution in [2.24, 2.45) is 0 Å². The van der Waals surface area contributed by atoms with Crippen molar-refractivity contribution >= 4 is 9.84 Å². The number of rotatable bonds is 5. The molecule has 1 aromatic rings. The van der Waals surface area contributed by atoms with Crippen molar-refractivity contribution in [1.29, 1.82) is 0 Å². The molecule has 1 aromatic carbocycles. The third kappa shape index (κ3) is 4.72. The summed E-state index contributed by atoms with van der Waals surface area (Å²) in [5.74, 6) is -0.244. The Morgan fingerprint density at radius 1 is 1.44 bits per heavy atom. The van der Waals surface area contributed by atoms with Gasteiger partial charge in [-0.2, -0.15) is 0 Å². The molecule has 0 saturated carbocycles. The van der Waals surface area contributed by atoms with Crippen LogP contribution in [0, 0.1) is 5.82 Å². The number of hydrogen-bond acceptors (Lipinski definition) is 3. The Labute approximate surface area is 95.6 Å². The zero-order chi connectivity index (χ0) is 12.2. The molecular formula is C11H16FNO2S. The molecule has 0 aliphatic carbocycles. The summed E-state index contributed by atoms with van der Waals surface area (Å²) < 4.78 is 35.2. The second kappa shape index (κ2) is 5.41. The van der Waals surface area contributed by atoms with Gasteiger partial charge in [0.15, 0.2) is 0 Å². The molecule has 0 spiro atoms. The highest BCUT2D eigenvalue weighted by Crippen LogP contribution is 2.07. The monoisotopic (exact) mass is 245 g/mol. The van der Waals surface area contributed by atoms with E-state index >= 15 is 0 Å². The molecule has 0 heterocycles. The van der Waals surface area contributed by atoms with Crippen molar-refractivity contribution in [1.82, 2.24) is 5.32 Å². The SMILES string of the molecule is CNC(Cc1cccc(F)c1)CS(C)(=O)=O. The Kier molecular flexibility index (Phi) is 4.44. The molecule has 0 radical (unpaired) electrons. The van der Waals surface area contributed by atoms with Crippen molar-refractivity contribution in [3.63, 3.8) is 0 Å². The van der Waals surface area contributed by atoms with Crippen LogP contribution in [-0.2, 0) is 16.3 Å². The highest BCUT2D eigenvalue weighted by Gasteiger charge is 2.14. The second-order valence-corrected chi connectivity index (χ2v) is 6.10. The van der Waals surface area contributed by atoms with Gasteiger partial charge in [-0.25, -0.2) is 12.8 Å². The molecule has 0 amide bonds. The zero-order valence-electron chi connectivity index (χ0n) is 9.40. The van der Waals surface area contributed by atoms with Gasteiger partial charge in [-0.1, -0.05) is 12.1 Å². The second-order valence-electron chi connectivity index (χ2n) is 3.91. The van der Waals surface area contributed by atoms with Gasteiger partial charge in [0.1, 0.15) is 15.7 Å². The van der Waals surface area contributed by atoms with Crippen LogP contribution in [0.1, 0.15) is 5.56 Å². The van der Waals surface area contributed by atoms with Crippen LogP contribution >= 0.6 is 0 Å². The summed E-state index contributed by atoms with van der Waals surface area (Å²) in [6, 6.07) is 6.02. The Hall–Kier alpha value is -0.940. The minimum atomic E-state index is -3.02. The van der Waals surface area contributed by atoms with E-state index in [0.717, 1.165) is 5.56 Å². The summed E-state index contributed by atoms with van der Waals surface area (Å²) >= 11 is 0. The first kappa shape index (κ1) is 13.1. The van der Waals surface area contributed by atoms with Gasteiger partial charge in [-0.05, 0) is 31.2 Å². The molecule has 0 saturated heterocycles. The van der Waals surface area contributed by atoms with Crippen LogP contribution < -0.4 is 5.32 Å². The van der Waals surface area contributed by atoms with E-state index in [-0.39, 0.29) is 17.6 Å². The molecule has 3 nitrogen and oxygen atoms in total. The number of sulfone groups is 1. The molecule has 1 N–H and O–H groups in total. The van der Waals surface area contributed by atoms with E-state index in [2.05, 4.69) is 5.32 Å². The predicted octanol–water partition coefficient (Wildman–Crippen LogP) is 1.00. The van der Waals surface area contributed by atoms with Gasteiger partial charge in [0.25, 0.3) is 0 Å². The molecule has 0 aromatic heterocycles. The van der Waals surface area contributed by atoms with E-state index in [1.165, 1.54) is 18.4 Å². The van der Waals surface area contributed by atoms with Gasteiger partial charge in [-0.3, -0.25) is 0 Å². The van der Waals surface area contributed by atoms with Crippen molar-refractivity contribution in [3.8, 4) is 0 Å². The summed E-state index contributed by atoms with van der Waals surface area (Å²) in [6.07, 6.45) is 1.70. The van der Waals surface area contributed by atoms with Gasteiger partial charge in [0.2, 0.25) is 0 Å². The predicted molar refractivity (Wildman–Crippen MR) is 62.7 cm³/mol. The molecular weight excluding hydrogens is 229 g/mol. The highest BCUT2D eigenvalue weighted by atomic mass is 32.2. The molecule has 0 aliphatic heterocycles. The molecule has 1 unspecified atom stereocenters.